The molecule has 1 aromatic heterocycles. The zero-order valence-electron chi connectivity index (χ0n) is 12.8. The Morgan fingerprint density at radius 2 is 1.88 bits per heavy atom. The molecule has 0 bridgehead atoms. The summed E-state index contributed by atoms with van der Waals surface area (Å²) in [5.74, 6) is -0.931. The molecular weight excluding hydrogens is 310 g/mol. The Bertz CT molecular complexity index is 858. The number of nitriles is 1. The molecule has 1 aliphatic rings. The number of hydrogen-bond acceptors (Lipinski definition) is 5. The number of imide groups is 1. The lowest BCUT2D eigenvalue weighted by atomic mass is 10.1. The van der Waals surface area contributed by atoms with E-state index in [0.29, 0.717) is 11.1 Å². The number of nitrogens with one attached hydrogen (secondary N) is 1. The van der Waals surface area contributed by atoms with E-state index < -0.39 is 17.7 Å². The van der Waals surface area contributed by atoms with Crippen LogP contribution in [0.1, 0.15) is 32.7 Å². The maximum Gasteiger partial charge on any atom is 0.261 e. The summed E-state index contributed by atoms with van der Waals surface area (Å²) in [5.41, 5.74) is 0.939. The molecule has 0 unspecified atom stereocenters. The molecule has 0 saturated heterocycles. The van der Waals surface area contributed by atoms with Gasteiger partial charge in [-0.1, -0.05) is 12.1 Å². The van der Waals surface area contributed by atoms with Crippen LogP contribution in [0, 0.1) is 11.3 Å². The van der Waals surface area contributed by atoms with Gasteiger partial charge in [-0.25, -0.2) is 0 Å². The van der Waals surface area contributed by atoms with E-state index in [9.17, 15) is 14.4 Å². The molecule has 0 spiro atoms. The molecule has 1 aliphatic heterocycles. The second-order valence-electron chi connectivity index (χ2n) is 5.25. The molecule has 0 saturated carbocycles. The number of amides is 3. The molecule has 24 heavy (non-hydrogen) atoms. The van der Waals surface area contributed by atoms with Crippen LogP contribution in [0.15, 0.2) is 30.5 Å². The number of rotatable bonds is 4. The fraction of sp³-hybridized carbons (Fsp3) is 0.188. The monoisotopic (exact) mass is 323 g/mol. The van der Waals surface area contributed by atoms with Gasteiger partial charge in [0.15, 0.2) is 0 Å². The van der Waals surface area contributed by atoms with Gasteiger partial charge in [-0.15, -0.1) is 0 Å². The molecule has 3 rings (SSSR count). The molecule has 120 valence electrons. The van der Waals surface area contributed by atoms with E-state index in [4.69, 9.17) is 5.26 Å². The number of carbonyl (C=O) groups is 3. The lowest BCUT2D eigenvalue weighted by Gasteiger charge is -2.13. The van der Waals surface area contributed by atoms with Gasteiger partial charge < -0.3 is 5.32 Å². The van der Waals surface area contributed by atoms with Crippen molar-refractivity contribution in [1.82, 2.24) is 14.7 Å². The van der Waals surface area contributed by atoms with Crippen molar-refractivity contribution in [2.75, 3.05) is 11.9 Å². The van der Waals surface area contributed by atoms with Crippen molar-refractivity contribution < 1.29 is 14.4 Å². The van der Waals surface area contributed by atoms with Gasteiger partial charge in [0.05, 0.1) is 17.3 Å². The maximum absolute atomic E-state index is 12.2. The number of hydrogen-bond donors (Lipinski definition) is 1. The summed E-state index contributed by atoms with van der Waals surface area (Å²) in [6.07, 6.45) is 1.28. The lowest BCUT2D eigenvalue weighted by Crippen LogP contribution is -2.33. The summed E-state index contributed by atoms with van der Waals surface area (Å²) < 4.78 is 1.37. The summed E-state index contributed by atoms with van der Waals surface area (Å²) in [6.45, 7) is -0.0298. The summed E-state index contributed by atoms with van der Waals surface area (Å²) in [4.78, 5) is 37.5. The summed E-state index contributed by atoms with van der Waals surface area (Å²) in [5, 5.41) is 15.4. The molecule has 0 aliphatic carbocycles. The van der Waals surface area contributed by atoms with Gasteiger partial charge in [-0.05, 0) is 12.1 Å². The molecular formula is C16H13N5O3. The van der Waals surface area contributed by atoms with Crippen LogP contribution in [-0.2, 0) is 11.8 Å². The van der Waals surface area contributed by atoms with Gasteiger partial charge in [0.25, 0.3) is 11.8 Å². The van der Waals surface area contributed by atoms with Crippen LogP contribution in [-0.4, -0.2) is 38.9 Å². The first kappa shape index (κ1) is 15.4. The van der Waals surface area contributed by atoms with E-state index in [1.54, 1.807) is 31.3 Å². The highest BCUT2D eigenvalue weighted by molar-refractivity contribution is 6.21. The largest absolute Gasteiger partial charge is 0.310 e. The minimum Gasteiger partial charge on any atom is -0.310 e. The summed E-state index contributed by atoms with van der Waals surface area (Å²) in [6, 6.07) is 8.48. The van der Waals surface area contributed by atoms with Gasteiger partial charge in [-0.2, -0.15) is 10.4 Å². The number of anilines is 1. The molecule has 2 heterocycles. The van der Waals surface area contributed by atoms with Gasteiger partial charge >= 0.3 is 0 Å². The molecule has 1 aromatic carbocycles. The fourth-order valence-electron chi connectivity index (χ4n) is 2.52. The number of benzene rings is 1. The van der Waals surface area contributed by atoms with Crippen LogP contribution in [0.25, 0.3) is 0 Å². The second-order valence-corrected chi connectivity index (χ2v) is 5.25. The number of aryl methyl sites for hydroxylation is 1. The van der Waals surface area contributed by atoms with Crippen molar-refractivity contribution >= 4 is 23.5 Å². The third-order valence-corrected chi connectivity index (χ3v) is 3.76. The fourth-order valence-corrected chi connectivity index (χ4v) is 2.52. The SMILES string of the molecule is Cn1ncc(C#N)c1NC(=O)CCN1C(=O)c2ccccc2C1=O. The van der Waals surface area contributed by atoms with E-state index in [2.05, 4.69) is 10.4 Å². The molecule has 3 amide bonds. The maximum atomic E-state index is 12.2. The Morgan fingerprint density at radius 3 is 2.46 bits per heavy atom. The topological polar surface area (TPSA) is 108 Å². The number of nitrogens with zero attached hydrogens (tertiary/aromatic N) is 4. The molecule has 0 fully saturated rings. The van der Waals surface area contributed by atoms with E-state index in [1.807, 2.05) is 6.07 Å². The van der Waals surface area contributed by atoms with Crippen molar-refractivity contribution in [3.05, 3.63) is 47.2 Å². The first-order chi connectivity index (χ1) is 11.5. The lowest BCUT2D eigenvalue weighted by molar-refractivity contribution is -0.116. The van der Waals surface area contributed by atoms with Crippen LogP contribution in [0.3, 0.4) is 0 Å². The first-order valence-electron chi connectivity index (χ1n) is 7.20. The van der Waals surface area contributed by atoms with E-state index >= 15 is 0 Å². The van der Waals surface area contributed by atoms with E-state index in [1.165, 1.54) is 10.9 Å². The van der Waals surface area contributed by atoms with Crippen LogP contribution in [0.4, 0.5) is 5.82 Å². The normalized spacial score (nSPS) is 12.9. The Kier molecular flexibility index (Phi) is 3.83. The highest BCUT2D eigenvalue weighted by atomic mass is 16.2. The average molecular weight is 323 g/mol. The van der Waals surface area contributed by atoms with Crippen LogP contribution in [0.5, 0.6) is 0 Å². The second kappa shape index (κ2) is 5.96. The van der Waals surface area contributed by atoms with Crippen LogP contribution < -0.4 is 5.32 Å². The third-order valence-electron chi connectivity index (χ3n) is 3.76. The summed E-state index contributed by atoms with van der Waals surface area (Å²) >= 11 is 0. The molecule has 0 atom stereocenters. The van der Waals surface area contributed by atoms with E-state index in [-0.39, 0.29) is 24.3 Å². The van der Waals surface area contributed by atoms with Gasteiger partial charge in [0.2, 0.25) is 5.91 Å². The highest BCUT2D eigenvalue weighted by Crippen LogP contribution is 2.22. The van der Waals surface area contributed by atoms with Crippen molar-refractivity contribution in [3.63, 3.8) is 0 Å². The van der Waals surface area contributed by atoms with Crippen LogP contribution >= 0.6 is 0 Å². The number of carbonyl (C=O) groups excluding carboxylic acids is 3. The number of aromatic nitrogens is 2. The Balaban J connectivity index is 1.66. The zero-order chi connectivity index (χ0) is 17.3. The summed E-state index contributed by atoms with van der Waals surface area (Å²) in [7, 11) is 1.60. The smallest absolute Gasteiger partial charge is 0.261 e. The minimum atomic E-state index is -0.411. The Hall–Kier alpha value is -3.47. The van der Waals surface area contributed by atoms with Crippen molar-refractivity contribution in [1.29, 1.82) is 5.26 Å². The predicted octanol–water partition coefficient (Wildman–Crippen LogP) is 0.917. The first-order valence-corrected chi connectivity index (χ1v) is 7.20. The molecule has 1 N–H and O–H groups in total. The van der Waals surface area contributed by atoms with Crippen molar-refractivity contribution in [3.8, 4) is 6.07 Å². The quantitative estimate of drug-likeness (QED) is 0.842. The zero-order valence-corrected chi connectivity index (χ0v) is 12.8. The standard InChI is InChI=1S/C16H13N5O3/c1-20-14(10(8-17)9-18-20)19-13(22)6-7-21-15(23)11-4-2-3-5-12(11)16(21)24/h2-5,9H,6-7H2,1H3,(H,19,22). The van der Waals surface area contributed by atoms with Crippen LogP contribution in [0.2, 0.25) is 0 Å². The van der Waals surface area contributed by atoms with Gasteiger partial charge in [0.1, 0.15) is 17.5 Å². The van der Waals surface area contributed by atoms with Crippen molar-refractivity contribution in [2.45, 2.75) is 6.42 Å². The molecule has 2 aromatic rings. The van der Waals surface area contributed by atoms with E-state index in [0.717, 1.165) is 4.90 Å². The molecule has 8 nitrogen and oxygen atoms in total. The van der Waals surface area contributed by atoms with Gasteiger partial charge in [0, 0.05) is 20.0 Å². The molecule has 8 heteroatoms. The predicted molar refractivity (Wildman–Crippen MR) is 83.0 cm³/mol. The Morgan fingerprint density at radius 1 is 1.25 bits per heavy atom. The minimum absolute atomic E-state index is 0.0298. The Labute approximate surface area is 137 Å². The van der Waals surface area contributed by atoms with Crippen molar-refractivity contribution in [2.24, 2.45) is 7.05 Å². The number of fused-ring (bicyclic) bond motifs is 1. The van der Waals surface area contributed by atoms with Gasteiger partial charge in [-0.3, -0.25) is 24.0 Å². The average Bonchev–Trinajstić information content (AvgIpc) is 3.05. The third kappa shape index (κ3) is 2.52. The molecule has 0 radical (unpaired) electrons. The highest BCUT2D eigenvalue weighted by Gasteiger charge is 2.35.